The predicted octanol–water partition coefficient (Wildman–Crippen LogP) is 3.79. The molecule has 0 aliphatic heterocycles. The summed E-state index contributed by atoms with van der Waals surface area (Å²) < 4.78 is 13.1. The zero-order valence-electron chi connectivity index (χ0n) is 11.2. The van der Waals surface area contributed by atoms with Gasteiger partial charge in [-0.1, -0.05) is 19.9 Å². The lowest BCUT2D eigenvalue weighted by Crippen LogP contribution is -2.04. The van der Waals surface area contributed by atoms with E-state index in [1.54, 1.807) is 18.2 Å². The van der Waals surface area contributed by atoms with E-state index in [-0.39, 0.29) is 17.3 Å². The van der Waals surface area contributed by atoms with E-state index in [4.69, 9.17) is 5.11 Å². The molecule has 0 aliphatic rings. The number of aromatic nitrogens is 1. The molecule has 0 radical (unpaired) electrons. The highest BCUT2D eigenvalue weighted by Gasteiger charge is 2.11. The second kappa shape index (κ2) is 5.69. The van der Waals surface area contributed by atoms with Crippen LogP contribution in [0.3, 0.4) is 0 Å². The zero-order chi connectivity index (χ0) is 14.7. The molecule has 2 aromatic rings. The van der Waals surface area contributed by atoms with Crippen LogP contribution >= 0.6 is 0 Å². The van der Waals surface area contributed by atoms with E-state index in [0.717, 1.165) is 0 Å². The van der Waals surface area contributed by atoms with Crippen molar-refractivity contribution in [2.75, 3.05) is 5.32 Å². The topological polar surface area (TPSA) is 62.2 Å². The minimum absolute atomic E-state index is 0.0994. The molecule has 0 amide bonds. The minimum Gasteiger partial charge on any atom is -0.478 e. The van der Waals surface area contributed by atoms with Crippen molar-refractivity contribution < 1.29 is 14.3 Å². The van der Waals surface area contributed by atoms with Crippen molar-refractivity contribution in [2.45, 2.75) is 19.8 Å². The smallest absolute Gasteiger partial charge is 0.335 e. The van der Waals surface area contributed by atoms with Gasteiger partial charge in [0.2, 0.25) is 0 Å². The van der Waals surface area contributed by atoms with Gasteiger partial charge in [0.1, 0.15) is 11.6 Å². The predicted molar refractivity (Wildman–Crippen MR) is 75.0 cm³/mol. The summed E-state index contributed by atoms with van der Waals surface area (Å²) in [4.78, 5) is 15.5. The van der Waals surface area contributed by atoms with Gasteiger partial charge in [-0.2, -0.15) is 0 Å². The molecule has 1 aromatic heterocycles. The van der Waals surface area contributed by atoms with Gasteiger partial charge >= 0.3 is 5.97 Å². The lowest BCUT2D eigenvalue weighted by molar-refractivity contribution is 0.0696. The Morgan fingerprint density at radius 3 is 2.65 bits per heavy atom. The van der Waals surface area contributed by atoms with Gasteiger partial charge in [-0.15, -0.1) is 0 Å². The van der Waals surface area contributed by atoms with Crippen LogP contribution in [0.1, 0.15) is 35.8 Å². The van der Waals surface area contributed by atoms with E-state index in [2.05, 4.69) is 10.3 Å². The number of hydrogen-bond acceptors (Lipinski definition) is 3. The Morgan fingerprint density at radius 1 is 1.30 bits per heavy atom. The molecule has 0 saturated heterocycles. The number of carboxylic acid groups (broad SMARTS) is 1. The highest BCUT2D eigenvalue weighted by atomic mass is 19.1. The molecular formula is C15H15FN2O2. The minimum atomic E-state index is -1.02. The number of benzene rings is 1. The molecular weight excluding hydrogens is 259 g/mol. The highest BCUT2D eigenvalue weighted by Crippen LogP contribution is 2.21. The fraction of sp³-hybridized carbons (Fsp3) is 0.200. The first-order valence-corrected chi connectivity index (χ1v) is 6.23. The fourth-order valence-corrected chi connectivity index (χ4v) is 1.75. The van der Waals surface area contributed by atoms with Gasteiger partial charge in [-0.05, 0) is 36.2 Å². The van der Waals surface area contributed by atoms with Crippen molar-refractivity contribution in [1.82, 2.24) is 4.98 Å². The number of rotatable bonds is 4. The molecule has 0 spiro atoms. The SMILES string of the molecule is CC(C)c1cc(C(=O)O)cc(Nc2cccc(F)c2)n1. The summed E-state index contributed by atoms with van der Waals surface area (Å²) in [5.74, 6) is -0.897. The molecule has 1 aromatic carbocycles. The fourth-order valence-electron chi connectivity index (χ4n) is 1.75. The summed E-state index contributed by atoms with van der Waals surface area (Å²) in [6.45, 7) is 3.86. The van der Waals surface area contributed by atoms with Crippen molar-refractivity contribution >= 4 is 17.5 Å². The second-order valence-corrected chi connectivity index (χ2v) is 4.76. The lowest BCUT2D eigenvalue weighted by atomic mass is 10.1. The summed E-state index contributed by atoms with van der Waals surface area (Å²) in [5.41, 5.74) is 1.35. The normalized spacial score (nSPS) is 10.6. The maximum absolute atomic E-state index is 13.1. The van der Waals surface area contributed by atoms with Gasteiger partial charge in [0, 0.05) is 11.4 Å². The number of anilines is 2. The quantitative estimate of drug-likeness (QED) is 0.890. The van der Waals surface area contributed by atoms with Crippen molar-refractivity contribution in [3.63, 3.8) is 0 Å². The molecule has 2 N–H and O–H groups in total. The van der Waals surface area contributed by atoms with Crippen LogP contribution in [0.4, 0.5) is 15.9 Å². The van der Waals surface area contributed by atoms with Crippen molar-refractivity contribution in [3.05, 3.63) is 53.5 Å². The van der Waals surface area contributed by atoms with E-state index >= 15 is 0 Å². The summed E-state index contributed by atoms with van der Waals surface area (Å²) in [6, 6.07) is 8.90. The first-order valence-electron chi connectivity index (χ1n) is 6.23. The highest BCUT2D eigenvalue weighted by molar-refractivity contribution is 5.88. The van der Waals surface area contributed by atoms with Gasteiger partial charge in [0.15, 0.2) is 0 Å². The number of nitrogens with one attached hydrogen (secondary N) is 1. The maximum Gasteiger partial charge on any atom is 0.335 e. The van der Waals surface area contributed by atoms with Crippen molar-refractivity contribution in [3.8, 4) is 0 Å². The Labute approximate surface area is 116 Å². The van der Waals surface area contributed by atoms with E-state index in [1.807, 2.05) is 13.8 Å². The van der Waals surface area contributed by atoms with Crippen LogP contribution in [-0.4, -0.2) is 16.1 Å². The molecule has 20 heavy (non-hydrogen) atoms. The Morgan fingerprint density at radius 2 is 2.05 bits per heavy atom. The third kappa shape index (κ3) is 3.32. The van der Waals surface area contributed by atoms with Crippen LogP contribution in [0.2, 0.25) is 0 Å². The lowest BCUT2D eigenvalue weighted by Gasteiger charge is -2.11. The second-order valence-electron chi connectivity index (χ2n) is 4.76. The average Bonchev–Trinajstić information content (AvgIpc) is 2.38. The van der Waals surface area contributed by atoms with E-state index in [0.29, 0.717) is 17.2 Å². The third-order valence-corrected chi connectivity index (χ3v) is 2.78. The number of carbonyl (C=O) groups is 1. The molecule has 104 valence electrons. The van der Waals surface area contributed by atoms with Crippen LogP contribution in [-0.2, 0) is 0 Å². The molecule has 0 aliphatic carbocycles. The molecule has 0 bridgehead atoms. The summed E-state index contributed by atoms with van der Waals surface area (Å²) >= 11 is 0. The molecule has 0 saturated carbocycles. The van der Waals surface area contributed by atoms with Crippen LogP contribution in [0.25, 0.3) is 0 Å². The molecule has 2 rings (SSSR count). The van der Waals surface area contributed by atoms with Gasteiger partial charge in [0.05, 0.1) is 5.56 Å². The van der Waals surface area contributed by atoms with E-state index in [9.17, 15) is 9.18 Å². The third-order valence-electron chi connectivity index (χ3n) is 2.78. The molecule has 0 atom stereocenters. The number of nitrogens with zero attached hydrogens (tertiary/aromatic N) is 1. The monoisotopic (exact) mass is 274 g/mol. The Kier molecular flexibility index (Phi) is 3.98. The molecule has 5 heteroatoms. The van der Waals surface area contributed by atoms with Crippen LogP contribution in [0.5, 0.6) is 0 Å². The standard InChI is InChI=1S/C15H15FN2O2/c1-9(2)13-6-10(15(19)20)7-14(18-13)17-12-5-3-4-11(16)8-12/h3-9H,1-2H3,(H,17,18)(H,19,20). The first kappa shape index (κ1) is 14.0. The van der Waals surface area contributed by atoms with E-state index < -0.39 is 5.97 Å². The van der Waals surface area contributed by atoms with Gasteiger partial charge < -0.3 is 10.4 Å². The molecule has 1 heterocycles. The molecule has 0 fully saturated rings. The first-order chi connectivity index (χ1) is 9.45. The van der Waals surface area contributed by atoms with E-state index in [1.165, 1.54) is 18.2 Å². The zero-order valence-corrected chi connectivity index (χ0v) is 11.2. The number of halogens is 1. The van der Waals surface area contributed by atoms with Crippen LogP contribution < -0.4 is 5.32 Å². The number of hydrogen-bond donors (Lipinski definition) is 2. The average molecular weight is 274 g/mol. The van der Waals surface area contributed by atoms with Gasteiger partial charge in [-0.25, -0.2) is 14.2 Å². The molecule has 0 unspecified atom stereocenters. The van der Waals surface area contributed by atoms with Crippen molar-refractivity contribution in [2.24, 2.45) is 0 Å². The largest absolute Gasteiger partial charge is 0.478 e. The summed E-state index contributed by atoms with van der Waals surface area (Å²) in [7, 11) is 0. The Hall–Kier alpha value is -2.43. The Bertz CT molecular complexity index is 642. The van der Waals surface area contributed by atoms with Gasteiger partial charge in [0.25, 0.3) is 0 Å². The maximum atomic E-state index is 13.1. The number of aromatic carboxylic acids is 1. The van der Waals surface area contributed by atoms with Crippen molar-refractivity contribution in [1.29, 1.82) is 0 Å². The van der Waals surface area contributed by atoms with Crippen LogP contribution in [0.15, 0.2) is 36.4 Å². The van der Waals surface area contributed by atoms with Gasteiger partial charge in [-0.3, -0.25) is 0 Å². The number of pyridine rings is 1. The Balaban J connectivity index is 2.38. The summed E-state index contributed by atoms with van der Waals surface area (Å²) in [6.07, 6.45) is 0. The summed E-state index contributed by atoms with van der Waals surface area (Å²) in [5, 5.41) is 12.0. The number of carboxylic acids is 1. The van der Waals surface area contributed by atoms with Crippen LogP contribution in [0, 0.1) is 5.82 Å². The molecule has 4 nitrogen and oxygen atoms in total.